The Bertz CT molecular complexity index is 831. The Morgan fingerprint density at radius 3 is 2.62 bits per heavy atom. The lowest BCUT2D eigenvalue weighted by Gasteiger charge is -2.31. The van der Waals surface area contributed by atoms with Crippen LogP contribution in [0.3, 0.4) is 0 Å². The van der Waals surface area contributed by atoms with Gasteiger partial charge in [-0.1, -0.05) is 23.7 Å². The summed E-state index contributed by atoms with van der Waals surface area (Å²) < 4.78 is 5.86. The van der Waals surface area contributed by atoms with Crippen molar-refractivity contribution < 1.29 is 9.53 Å². The molecule has 6 heteroatoms. The van der Waals surface area contributed by atoms with Crippen LogP contribution in [0.1, 0.15) is 12.0 Å². The number of ether oxygens (including phenoxy) is 1. The number of benzene rings is 2. The lowest BCUT2D eigenvalue weighted by Crippen LogP contribution is -2.38. The molecule has 1 aliphatic rings. The maximum atomic E-state index is 13.0. The van der Waals surface area contributed by atoms with Crippen LogP contribution in [-0.4, -0.2) is 38.0 Å². The van der Waals surface area contributed by atoms with Crippen molar-refractivity contribution in [3.8, 4) is 5.75 Å². The number of nitrogens with two attached hydrogens (primary N) is 1. The lowest BCUT2D eigenvalue weighted by atomic mass is 10.1. The van der Waals surface area contributed by atoms with Gasteiger partial charge in [0.15, 0.2) is 11.5 Å². The first kappa shape index (κ1) is 18.3. The maximum absolute atomic E-state index is 13.0. The fraction of sp³-hybridized carbons (Fsp3) is 0.250. The summed E-state index contributed by atoms with van der Waals surface area (Å²) in [6, 6.07) is 12.6. The second-order valence-corrected chi connectivity index (χ2v) is 6.94. The van der Waals surface area contributed by atoms with Crippen LogP contribution in [0.15, 0.2) is 48.2 Å². The number of carbonyl (C=O) groups is 1. The quantitative estimate of drug-likeness (QED) is 0.644. The van der Waals surface area contributed by atoms with Crippen LogP contribution in [0.2, 0.25) is 5.02 Å². The van der Waals surface area contributed by atoms with Crippen molar-refractivity contribution in [3.63, 3.8) is 0 Å². The van der Waals surface area contributed by atoms with E-state index in [0.29, 0.717) is 23.0 Å². The molecule has 5 nitrogen and oxygen atoms in total. The van der Waals surface area contributed by atoms with Gasteiger partial charge in [0.25, 0.3) is 5.91 Å². The van der Waals surface area contributed by atoms with Crippen molar-refractivity contribution in [2.75, 3.05) is 37.8 Å². The number of anilines is 2. The number of nitrogens with zero attached hydrogens (tertiary/aromatic N) is 2. The molecule has 0 radical (unpaired) electrons. The van der Waals surface area contributed by atoms with Gasteiger partial charge in [-0.15, -0.1) is 0 Å². The van der Waals surface area contributed by atoms with Crippen LogP contribution in [0.4, 0.5) is 11.4 Å². The maximum Gasteiger partial charge on any atom is 0.294 e. The van der Waals surface area contributed by atoms with E-state index in [2.05, 4.69) is 4.90 Å². The summed E-state index contributed by atoms with van der Waals surface area (Å²) in [4.78, 5) is 16.8. The van der Waals surface area contributed by atoms with Gasteiger partial charge >= 0.3 is 0 Å². The van der Waals surface area contributed by atoms with Crippen molar-refractivity contribution in [3.05, 3.63) is 58.8 Å². The highest BCUT2D eigenvalue weighted by Crippen LogP contribution is 2.37. The first-order chi connectivity index (χ1) is 12.4. The summed E-state index contributed by atoms with van der Waals surface area (Å²) in [6.45, 7) is 1.50. The topological polar surface area (TPSA) is 58.8 Å². The molecule has 0 unspecified atom stereocenters. The van der Waals surface area contributed by atoms with Gasteiger partial charge in [-0.25, -0.2) is 0 Å². The Balaban J connectivity index is 1.93. The van der Waals surface area contributed by atoms with E-state index < -0.39 is 0 Å². The average molecular weight is 372 g/mol. The monoisotopic (exact) mass is 371 g/mol. The van der Waals surface area contributed by atoms with E-state index in [9.17, 15) is 4.79 Å². The van der Waals surface area contributed by atoms with Gasteiger partial charge < -0.3 is 20.3 Å². The Labute approximate surface area is 158 Å². The fourth-order valence-corrected chi connectivity index (χ4v) is 2.93. The lowest BCUT2D eigenvalue weighted by molar-refractivity contribution is -0.117. The molecule has 2 N–H and O–H groups in total. The van der Waals surface area contributed by atoms with Crippen LogP contribution in [-0.2, 0) is 4.79 Å². The van der Waals surface area contributed by atoms with E-state index in [1.165, 1.54) is 0 Å². The number of amides is 1. The molecule has 0 fully saturated rings. The normalized spacial score (nSPS) is 15.3. The van der Waals surface area contributed by atoms with Crippen LogP contribution >= 0.6 is 11.6 Å². The molecule has 0 aliphatic carbocycles. The highest BCUT2D eigenvalue weighted by molar-refractivity contribution is 6.30. The number of fused-ring (bicyclic) bond motifs is 1. The molecule has 0 spiro atoms. The Hall–Kier alpha value is -2.50. The summed E-state index contributed by atoms with van der Waals surface area (Å²) in [7, 11) is 4.03. The predicted octanol–water partition coefficient (Wildman–Crippen LogP) is 3.64. The number of rotatable bonds is 5. The number of carbonyl (C=O) groups excluding carboxylic acids is 1. The molecule has 1 heterocycles. The van der Waals surface area contributed by atoms with Crippen molar-refractivity contribution in [1.29, 1.82) is 0 Å². The molecule has 2 aromatic carbocycles. The standard InChI is InChI=1S/C20H22ClN3O2/c1-23(2)10-3-11-24-17-9-8-16(22)13-18(17)26-19(20(24)25)12-14-4-6-15(21)7-5-14/h4-9,12-13H,3,10-11,22H2,1-2H3/b19-12+. The van der Waals surface area contributed by atoms with Crippen molar-refractivity contribution in [2.45, 2.75) is 6.42 Å². The van der Waals surface area contributed by atoms with Gasteiger partial charge in [-0.2, -0.15) is 0 Å². The van der Waals surface area contributed by atoms with Crippen molar-refractivity contribution in [1.82, 2.24) is 4.90 Å². The molecule has 3 rings (SSSR count). The van der Waals surface area contributed by atoms with Crippen molar-refractivity contribution in [2.24, 2.45) is 0 Å². The SMILES string of the molecule is CN(C)CCCN1C(=O)/C(=C\c2ccc(Cl)cc2)Oc2cc(N)ccc21. The van der Waals surface area contributed by atoms with Crippen LogP contribution in [0.25, 0.3) is 6.08 Å². The zero-order valence-electron chi connectivity index (χ0n) is 14.9. The summed E-state index contributed by atoms with van der Waals surface area (Å²) in [5, 5.41) is 0.645. The zero-order valence-corrected chi connectivity index (χ0v) is 15.7. The first-order valence-electron chi connectivity index (χ1n) is 8.45. The van der Waals surface area contributed by atoms with E-state index in [0.717, 1.165) is 24.2 Å². The van der Waals surface area contributed by atoms with Crippen LogP contribution < -0.4 is 15.4 Å². The van der Waals surface area contributed by atoms with E-state index in [4.69, 9.17) is 22.1 Å². The third kappa shape index (κ3) is 4.18. The molecule has 26 heavy (non-hydrogen) atoms. The molecule has 0 aromatic heterocycles. The van der Waals surface area contributed by atoms with Gasteiger partial charge in [0.2, 0.25) is 0 Å². The fourth-order valence-electron chi connectivity index (χ4n) is 2.81. The molecular formula is C20H22ClN3O2. The molecule has 0 saturated heterocycles. The van der Waals surface area contributed by atoms with Gasteiger partial charge in [0.1, 0.15) is 0 Å². The zero-order chi connectivity index (χ0) is 18.7. The highest BCUT2D eigenvalue weighted by Gasteiger charge is 2.30. The molecule has 136 valence electrons. The van der Waals surface area contributed by atoms with Crippen LogP contribution in [0.5, 0.6) is 5.75 Å². The Kier molecular flexibility index (Phi) is 5.49. The van der Waals surface area contributed by atoms with Crippen molar-refractivity contribution >= 4 is 35.0 Å². The smallest absolute Gasteiger partial charge is 0.294 e. The summed E-state index contributed by atoms with van der Waals surface area (Å²) >= 11 is 5.93. The molecule has 1 aliphatic heterocycles. The predicted molar refractivity (Wildman–Crippen MR) is 106 cm³/mol. The van der Waals surface area contributed by atoms with E-state index in [1.54, 1.807) is 35.2 Å². The van der Waals surface area contributed by atoms with Gasteiger partial charge in [-0.3, -0.25) is 4.79 Å². The van der Waals surface area contributed by atoms with E-state index >= 15 is 0 Å². The van der Waals surface area contributed by atoms with E-state index in [1.807, 2.05) is 32.3 Å². The molecule has 0 atom stereocenters. The number of hydrogen-bond donors (Lipinski definition) is 1. The minimum atomic E-state index is -0.157. The number of nitrogen functional groups attached to an aromatic ring is 1. The van der Waals surface area contributed by atoms with Gasteiger partial charge in [0, 0.05) is 23.3 Å². The van der Waals surface area contributed by atoms with Gasteiger partial charge in [0.05, 0.1) is 5.69 Å². The molecular weight excluding hydrogens is 350 g/mol. The summed E-state index contributed by atoms with van der Waals surface area (Å²) in [5.41, 5.74) is 8.08. The first-order valence-corrected chi connectivity index (χ1v) is 8.83. The highest BCUT2D eigenvalue weighted by atomic mass is 35.5. The second-order valence-electron chi connectivity index (χ2n) is 6.50. The number of hydrogen-bond acceptors (Lipinski definition) is 4. The molecule has 0 bridgehead atoms. The van der Waals surface area contributed by atoms with E-state index in [-0.39, 0.29) is 11.7 Å². The molecule has 2 aromatic rings. The van der Waals surface area contributed by atoms with Crippen LogP contribution in [0, 0.1) is 0 Å². The largest absolute Gasteiger partial charge is 0.449 e. The Morgan fingerprint density at radius 1 is 1.19 bits per heavy atom. The molecule has 1 amide bonds. The second kappa shape index (κ2) is 7.81. The number of halogens is 1. The average Bonchev–Trinajstić information content (AvgIpc) is 2.59. The third-order valence-corrected chi connectivity index (χ3v) is 4.36. The summed E-state index contributed by atoms with van der Waals surface area (Å²) in [5.74, 6) is 0.709. The molecule has 0 saturated carbocycles. The minimum Gasteiger partial charge on any atom is -0.449 e. The third-order valence-electron chi connectivity index (χ3n) is 4.11. The Morgan fingerprint density at radius 2 is 1.92 bits per heavy atom. The van der Waals surface area contributed by atoms with Gasteiger partial charge in [-0.05, 0) is 63.0 Å². The summed E-state index contributed by atoms with van der Waals surface area (Å²) in [6.07, 6.45) is 2.58. The minimum absolute atomic E-state index is 0.157.